The first-order chi connectivity index (χ1) is 15.1. The molecule has 3 rings (SSSR count). The highest BCUT2D eigenvalue weighted by atomic mass is 127. The second-order valence-electron chi connectivity index (χ2n) is 7.70. The van der Waals surface area contributed by atoms with Gasteiger partial charge in [0, 0.05) is 37.9 Å². The zero-order valence-electron chi connectivity index (χ0n) is 19.0. The molecule has 1 aromatic heterocycles. The monoisotopic (exact) mass is 555 g/mol. The fourth-order valence-corrected chi connectivity index (χ4v) is 3.66. The van der Waals surface area contributed by atoms with Gasteiger partial charge in [-0.2, -0.15) is 0 Å². The molecule has 2 heterocycles. The fraction of sp³-hybridized carbons (Fsp3) is 0.522. The standard InChI is InChI=1S/C23H33N5O3.HI/c1-4-17(5-2)20-13-19(31-28-20)15-26-23(24-3)25-14-16-8-6-9-18(12-16)27-22(29)21-10-7-11-30-21;/h6,8-9,12-13,17,21H,4-5,7,10-11,14-15H2,1-3H3,(H,27,29)(H2,24,25,26);1H. The smallest absolute Gasteiger partial charge is 0.253 e. The molecule has 1 aliphatic heterocycles. The minimum Gasteiger partial charge on any atom is -0.368 e. The Morgan fingerprint density at radius 3 is 2.69 bits per heavy atom. The lowest BCUT2D eigenvalue weighted by atomic mass is 9.99. The Morgan fingerprint density at radius 1 is 1.22 bits per heavy atom. The molecule has 8 nitrogen and oxygen atoms in total. The molecule has 1 aliphatic rings. The van der Waals surface area contributed by atoms with E-state index in [1.807, 2.05) is 30.3 Å². The Balaban J connectivity index is 0.00000363. The molecule has 2 aromatic rings. The van der Waals surface area contributed by atoms with Gasteiger partial charge in [-0.1, -0.05) is 31.1 Å². The molecular formula is C23H34IN5O3. The average Bonchev–Trinajstić information content (AvgIpc) is 3.48. The van der Waals surface area contributed by atoms with E-state index < -0.39 is 0 Å². The van der Waals surface area contributed by atoms with Crippen LogP contribution in [-0.4, -0.2) is 36.8 Å². The van der Waals surface area contributed by atoms with Crippen molar-refractivity contribution in [3.05, 3.63) is 47.3 Å². The Kier molecular flexibility index (Phi) is 10.9. The van der Waals surface area contributed by atoms with Crippen molar-refractivity contribution in [1.82, 2.24) is 15.8 Å². The van der Waals surface area contributed by atoms with Gasteiger partial charge < -0.3 is 25.2 Å². The maximum Gasteiger partial charge on any atom is 0.253 e. The van der Waals surface area contributed by atoms with E-state index in [-0.39, 0.29) is 36.0 Å². The quantitative estimate of drug-likeness (QED) is 0.244. The van der Waals surface area contributed by atoms with Crippen molar-refractivity contribution >= 4 is 41.5 Å². The second-order valence-corrected chi connectivity index (χ2v) is 7.70. The van der Waals surface area contributed by atoms with Crippen molar-refractivity contribution in [2.24, 2.45) is 4.99 Å². The minimum atomic E-state index is -0.341. The molecule has 32 heavy (non-hydrogen) atoms. The molecule has 9 heteroatoms. The van der Waals surface area contributed by atoms with Crippen LogP contribution in [0.1, 0.15) is 62.5 Å². The van der Waals surface area contributed by atoms with E-state index >= 15 is 0 Å². The summed E-state index contributed by atoms with van der Waals surface area (Å²) in [4.78, 5) is 16.5. The summed E-state index contributed by atoms with van der Waals surface area (Å²) in [5.74, 6) is 1.79. The van der Waals surface area contributed by atoms with E-state index in [2.05, 4.69) is 39.9 Å². The first-order valence-electron chi connectivity index (χ1n) is 11.0. The first kappa shape index (κ1) is 26.1. The highest BCUT2D eigenvalue weighted by Gasteiger charge is 2.23. The largest absolute Gasteiger partial charge is 0.368 e. The zero-order valence-corrected chi connectivity index (χ0v) is 21.3. The van der Waals surface area contributed by atoms with Crippen LogP contribution in [-0.2, 0) is 22.6 Å². The Bertz CT molecular complexity index is 876. The molecule has 176 valence electrons. The van der Waals surface area contributed by atoms with Gasteiger partial charge in [-0.15, -0.1) is 24.0 Å². The summed E-state index contributed by atoms with van der Waals surface area (Å²) in [5.41, 5.74) is 2.80. The van der Waals surface area contributed by atoms with Gasteiger partial charge in [0.25, 0.3) is 5.91 Å². The van der Waals surface area contributed by atoms with Crippen LogP contribution in [0.5, 0.6) is 0 Å². The van der Waals surface area contributed by atoms with Gasteiger partial charge in [-0.25, -0.2) is 0 Å². The van der Waals surface area contributed by atoms with Crippen molar-refractivity contribution in [2.75, 3.05) is 19.0 Å². The lowest BCUT2D eigenvalue weighted by molar-refractivity contribution is -0.124. The van der Waals surface area contributed by atoms with Gasteiger partial charge in [0.1, 0.15) is 6.10 Å². The number of hydrogen-bond donors (Lipinski definition) is 3. The van der Waals surface area contributed by atoms with Crippen LogP contribution in [0.25, 0.3) is 0 Å². The summed E-state index contributed by atoms with van der Waals surface area (Å²) < 4.78 is 10.9. The van der Waals surface area contributed by atoms with E-state index in [1.165, 1.54) is 0 Å². The Labute approximate surface area is 207 Å². The Morgan fingerprint density at radius 2 is 2.00 bits per heavy atom. The number of anilines is 1. The highest BCUT2D eigenvalue weighted by Crippen LogP contribution is 2.22. The molecule has 1 amide bonds. The maximum absolute atomic E-state index is 12.2. The van der Waals surface area contributed by atoms with E-state index in [9.17, 15) is 4.79 Å². The number of aliphatic imine (C=N–C) groups is 1. The van der Waals surface area contributed by atoms with Gasteiger partial charge in [0.2, 0.25) is 0 Å². The summed E-state index contributed by atoms with van der Waals surface area (Å²) >= 11 is 0. The summed E-state index contributed by atoms with van der Waals surface area (Å²) in [6.45, 7) is 6.05. The predicted molar refractivity (Wildman–Crippen MR) is 136 cm³/mol. The molecule has 0 spiro atoms. The van der Waals surface area contributed by atoms with E-state index in [1.54, 1.807) is 7.05 Å². The second kappa shape index (κ2) is 13.4. The van der Waals surface area contributed by atoms with Crippen LogP contribution >= 0.6 is 24.0 Å². The van der Waals surface area contributed by atoms with Crippen LogP contribution in [0, 0.1) is 0 Å². The summed E-state index contributed by atoms with van der Waals surface area (Å²) in [5, 5.41) is 13.7. The first-order valence-corrected chi connectivity index (χ1v) is 11.0. The third-order valence-corrected chi connectivity index (χ3v) is 5.51. The van der Waals surface area contributed by atoms with Gasteiger partial charge in [0.15, 0.2) is 11.7 Å². The number of guanidine groups is 1. The molecule has 1 unspecified atom stereocenters. The molecule has 0 radical (unpaired) electrons. The number of aromatic nitrogens is 1. The number of ether oxygens (including phenoxy) is 1. The van der Waals surface area contributed by atoms with Crippen molar-refractivity contribution in [3.63, 3.8) is 0 Å². The van der Waals surface area contributed by atoms with Crippen LogP contribution in [0.3, 0.4) is 0 Å². The molecule has 0 saturated carbocycles. The molecule has 1 aromatic carbocycles. The average molecular weight is 555 g/mol. The van der Waals surface area contributed by atoms with Crippen molar-refractivity contribution in [2.45, 2.75) is 64.6 Å². The van der Waals surface area contributed by atoms with E-state index in [4.69, 9.17) is 9.26 Å². The number of nitrogens with zero attached hydrogens (tertiary/aromatic N) is 2. The molecule has 0 aliphatic carbocycles. The number of carbonyl (C=O) groups is 1. The van der Waals surface area contributed by atoms with Gasteiger partial charge in [0.05, 0.1) is 12.2 Å². The van der Waals surface area contributed by atoms with Crippen molar-refractivity contribution in [1.29, 1.82) is 0 Å². The van der Waals surface area contributed by atoms with Crippen molar-refractivity contribution < 1.29 is 14.1 Å². The number of rotatable bonds is 9. The molecule has 3 N–H and O–H groups in total. The van der Waals surface area contributed by atoms with Crippen molar-refractivity contribution in [3.8, 4) is 0 Å². The SMILES string of the molecule is CCC(CC)c1cc(CNC(=NC)NCc2cccc(NC(=O)C3CCCO3)c2)on1.I. The third kappa shape index (κ3) is 7.47. The number of halogens is 1. The summed E-state index contributed by atoms with van der Waals surface area (Å²) in [6, 6.07) is 9.76. The van der Waals surface area contributed by atoms with Crippen LogP contribution in [0.4, 0.5) is 5.69 Å². The molecule has 0 bridgehead atoms. The number of hydrogen-bond acceptors (Lipinski definition) is 5. The summed E-state index contributed by atoms with van der Waals surface area (Å²) in [6.07, 6.45) is 3.46. The molecule has 1 saturated heterocycles. The zero-order chi connectivity index (χ0) is 22.1. The van der Waals surface area contributed by atoms with E-state index in [0.717, 1.165) is 48.4 Å². The van der Waals surface area contributed by atoms with Gasteiger partial charge in [-0.3, -0.25) is 9.79 Å². The van der Waals surface area contributed by atoms with Gasteiger partial charge >= 0.3 is 0 Å². The topological polar surface area (TPSA) is 101 Å². The van der Waals surface area contributed by atoms with Crippen LogP contribution in [0.2, 0.25) is 0 Å². The van der Waals surface area contributed by atoms with E-state index in [0.29, 0.717) is 31.6 Å². The number of benzene rings is 1. The summed E-state index contributed by atoms with van der Waals surface area (Å²) in [7, 11) is 1.73. The predicted octanol–water partition coefficient (Wildman–Crippen LogP) is 4.18. The molecular weight excluding hydrogens is 521 g/mol. The number of amides is 1. The highest BCUT2D eigenvalue weighted by molar-refractivity contribution is 14.0. The maximum atomic E-state index is 12.2. The molecule has 1 atom stereocenters. The molecule has 1 fully saturated rings. The fourth-order valence-electron chi connectivity index (χ4n) is 3.66. The normalized spacial score (nSPS) is 16.0. The lowest BCUT2D eigenvalue weighted by Gasteiger charge is -2.13. The third-order valence-electron chi connectivity index (χ3n) is 5.51. The number of carbonyl (C=O) groups excluding carboxylic acids is 1. The Hall–Kier alpha value is -2.14. The van der Waals surface area contributed by atoms with Gasteiger partial charge in [-0.05, 0) is 43.4 Å². The minimum absolute atomic E-state index is 0. The van der Waals surface area contributed by atoms with Crippen LogP contribution in [0.15, 0.2) is 39.8 Å². The number of nitrogens with one attached hydrogen (secondary N) is 3. The lowest BCUT2D eigenvalue weighted by Crippen LogP contribution is -2.36. The van der Waals surface area contributed by atoms with Crippen LogP contribution < -0.4 is 16.0 Å².